The van der Waals surface area contributed by atoms with Crippen molar-refractivity contribution >= 4 is 17.6 Å². The molecule has 2 aromatic carbocycles. The monoisotopic (exact) mass is 313 g/mol. The van der Waals surface area contributed by atoms with E-state index in [1.54, 1.807) is 42.5 Å². The van der Waals surface area contributed by atoms with Crippen molar-refractivity contribution in [3.8, 4) is 5.75 Å². The highest BCUT2D eigenvalue weighted by molar-refractivity contribution is 6.07. The SMILES string of the molecule is CCC(C)Oc1ccc(C(=O)Nc2ccccc2C(=O)O)cc1. The summed E-state index contributed by atoms with van der Waals surface area (Å²) in [7, 11) is 0. The Bertz CT molecular complexity index is 694. The van der Waals surface area contributed by atoms with Gasteiger partial charge in [0.15, 0.2) is 0 Å². The van der Waals surface area contributed by atoms with E-state index in [9.17, 15) is 9.59 Å². The number of aromatic carboxylic acids is 1. The fraction of sp³-hybridized carbons (Fsp3) is 0.222. The molecule has 1 amide bonds. The molecular formula is C18H19NO4. The third kappa shape index (κ3) is 4.32. The number of carboxylic acids is 1. The summed E-state index contributed by atoms with van der Waals surface area (Å²) in [5.41, 5.74) is 0.754. The van der Waals surface area contributed by atoms with Crippen LogP contribution in [0.2, 0.25) is 0 Å². The number of carbonyl (C=O) groups excluding carboxylic acids is 1. The zero-order chi connectivity index (χ0) is 16.8. The topological polar surface area (TPSA) is 75.6 Å². The second-order valence-corrected chi connectivity index (χ2v) is 5.17. The van der Waals surface area contributed by atoms with Gasteiger partial charge in [-0.25, -0.2) is 4.79 Å². The minimum absolute atomic E-state index is 0.0533. The molecule has 0 radical (unpaired) electrons. The molecule has 23 heavy (non-hydrogen) atoms. The zero-order valence-corrected chi connectivity index (χ0v) is 13.1. The van der Waals surface area contributed by atoms with Gasteiger partial charge in [-0.1, -0.05) is 19.1 Å². The molecule has 0 aliphatic carbocycles. The number of rotatable bonds is 6. The maximum atomic E-state index is 12.2. The molecule has 1 unspecified atom stereocenters. The predicted octanol–water partition coefficient (Wildman–Crippen LogP) is 3.81. The highest BCUT2D eigenvalue weighted by Crippen LogP contribution is 2.18. The lowest BCUT2D eigenvalue weighted by atomic mass is 10.1. The van der Waals surface area contributed by atoms with Gasteiger partial charge in [-0.3, -0.25) is 4.79 Å². The smallest absolute Gasteiger partial charge is 0.337 e. The van der Waals surface area contributed by atoms with E-state index in [2.05, 4.69) is 5.32 Å². The first-order valence-electron chi connectivity index (χ1n) is 7.41. The molecule has 0 bridgehead atoms. The van der Waals surface area contributed by atoms with Crippen LogP contribution >= 0.6 is 0 Å². The van der Waals surface area contributed by atoms with Crippen LogP contribution in [0.25, 0.3) is 0 Å². The predicted molar refractivity (Wildman–Crippen MR) is 88.2 cm³/mol. The highest BCUT2D eigenvalue weighted by atomic mass is 16.5. The Hall–Kier alpha value is -2.82. The summed E-state index contributed by atoms with van der Waals surface area (Å²) >= 11 is 0. The van der Waals surface area contributed by atoms with Crippen molar-refractivity contribution in [2.45, 2.75) is 26.4 Å². The summed E-state index contributed by atoms with van der Waals surface area (Å²) < 4.78 is 5.66. The van der Waals surface area contributed by atoms with Gasteiger partial charge in [0.2, 0.25) is 0 Å². The first-order valence-corrected chi connectivity index (χ1v) is 7.41. The van der Waals surface area contributed by atoms with E-state index in [1.807, 2.05) is 13.8 Å². The van der Waals surface area contributed by atoms with Crippen molar-refractivity contribution in [1.29, 1.82) is 0 Å². The molecule has 0 spiro atoms. The number of hydrogen-bond acceptors (Lipinski definition) is 3. The molecule has 2 N–H and O–H groups in total. The maximum absolute atomic E-state index is 12.2. The minimum atomic E-state index is -1.08. The van der Waals surface area contributed by atoms with Gasteiger partial charge in [-0.15, -0.1) is 0 Å². The molecule has 0 aromatic heterocycles. The number of hydrogen-bond donors (Lipinski definition) is 2. The minimum Gasteiger partial charge on any atom is -0.491 e. The summed E-state index contributed by atoms with van der Waals surface area (Å²) in [6, 6.07) is 13.0. The molecule has 1 atom stereocenters. The van der Waals surface area contributed by atoms with Gasteiger partial charge < -0.3 is 15.2 Å². The van der Waals surface area contributed by atoms with E-state index in [0.717, 1.165) is 6.42 Å². The molecule has 0 saturated heterocycles. The van der Waals surface area contributed by atoms with Gasteiger partial charge in [0, 0.05) is 5.56 Å². The van der Waals surface area contributed by atoms with E-state index in [4.69, 9.17) is 9.84 Å². The Morgan fingerprint density at radius 1 is 1.13 bits per heavy atom. The van der Waals surface area contributed by atoms with Crippen molar-refractivity contribution in [3.05, 3.63) is 59.7 Å². The second-order valence-electron chi connectivity index (χ2n) is 5.17. The Morgan fingerprint density at radius 2 is 1.78 bits per heavy atom. The first-order chi connectivity index (χ1) is 11.0. The third-order valence-corrected chi connectivity index (χ3v) is 3.43. The number of amides is 1. The number of carbonyl (C=O) groups is 2. The standard InChI is InChI=1S/C18H19NO4/c1-3-12(2)23-14-10-8-13(9-11-14)17(20)19-16-7-5-4-6-15(16)18(21)22/h4-12H,3H2,1-2H3,(H,19,20)(H,21,22). The normalized spacial score (nSPS) is 11.6. The first kappa shape index (κ1) is 16.5. The fourth-order valence-corrected chi connectivity index (χ4v) is 1.97. The number of carboxylic acid groups (broad SMARTS) is 1. The van der Waals surface area contributed by atoms with Crippen molar-refractivity contribution in [2.75, 3.05) is 5.32 Å². The van der Waals surface area contributed by atoms with Crippen LogP contribution in [-0.2, 0) is 0 Å². The van der Waals surface area contributed by atoms with Crippen LogP contribution in [0.4, 0.5) is 5.69 Å². The van der Waals surface area contributed by atoms with Crippen molar-refractivity contribution in [1.82, 2.24) is 0 Å². The van der Waals surface area contributed by atoms with Gasteiger partial charge >= 0.3 is 5.97 Å². The van der Waals surface area contributed by atoms with Gasteiger partial charge in [-0.2, -0.15) is 0 Å². The Morgan fingerprint density at radius 3 is 2.39 bits per heavy atom. The fourth-order valence-electron chi connectivity index (χ4n) is 1.97. The molecule has 0 fully saturated rings. The van der Waals surface area contributed by atoms with Crippen molar-refractivity contribution < 1.29 is 19.4 Å². The molecule has 0 saturated carbocycles. The molecule has 5 nitrogen and oxygen atoms in total. The van der Waals surface area contributed by atoms with Crippen molar-refractivity contribution in [2.24, 2.45) is 0 Å². The Kier molecular flexibility index (Phi) is 5.36. The largest absolute Gasteiger partial charge is 0.491 e. The van der Waals surface area contributed by atoms with Crippen LogP contribution in [0.1, 0.15) is 41.0 Å². The van der Waals surface area contributed by atoms with Crippen LogP contribution in [0.15, 0.2) is 48.5 Å². The van der Waals surface area contributed by atoms with Gasteiger partial charge in [0.1, 0.15) is 5.75 Å². The Balaban J connectivity index is 2.11. The number of para-hydroxylation sites is 1. The molecular weight excluding hydrogens is 294 g/mol. The Labute approximate surface area is 134 Å². The number of anilines is 1. The quantitative estimate of drug-likeness (QED) is 0.850. The van der Waals surface area contributed by atoms with Gasteiger partial charge in [0.25, 0.3) is 5.91 Å². The highest BCUT2D eigenvalue weighted by Gasteiger charge is 2.13. The van der Waals surface area contributed by atoms with E-state index >= 15 is 0 Å². The number of benzene rings is 2. The summed E-state index contributed by atoms with van der Waals surface area (Å²) in [6.45, 7) is 4.01. The van der Waals surface area contributed by atoms with Crippen LogP contribution in [0, 0.1) is 0 Å². The lowest BCUT2D eigenvalue weighted by Gasteiger charge is -2.13. The average Bonchev–Trinajstić information content (AvgIpc) is 2.55. The number of nitrogens with one attached hydrogen (secondary N) is 1. The van der Waals surface area contributed by atoms with E-state index in [-0.39, 0.29) is 23.3 Å². The molecule has 2 rings (SSSR count). The summed E-state index contributed by atoms with van der Waals surface area (Å²) in [6.07, 6.45) is 1.01. The molecule has 120 valence electrons. The molecule has 0 aliphatic heterocycles. The summed E-state index contributed by atoms with van der Waals surface area (Å²) in [5, 5.41) is 11.7. The van der Waals surface area contributed by atoms with Crippen LogP contribution in [0.5, 0.6) is 5.75 Å². The zero-order valence-electron chi connectivity index (χ0n) is 13.1. The summed E-state index contributed by atoms with van der Waals surface area (Å²) in [4.78, 5) is 23.4. The third-order valence-electron chi connectivity index (χ3n) is 3.43. The summed E-state index contributed by atoms with van der Waals surface area (Å²) in [5.74, 6) is -0.756. The number of ether oxygens (including phenoxy) is 1. The average molecular weight is 313 g/mol. The van der Waals surface area contributed by atoms with E-state index in [1.165, 1.54) is 6.07 Å². The molecule has 2 aromatic rings. The van der Waals surface area contributed by atoms with E-state index in [0.29, 0.717) is 11.3 Å². The lowest BCUT2D eigenvalue weighted by molar-refractivity contribution is 0.0698. The second kappa shape index (κ2) is 7.45. The molecule has 0 heterocycles. The van der Waals surface area contributed by atoms with Crippen molar-refractivity contribution in [3.63, 3.8) is 0 Å². The van der Waals surface area contributed by atoms with Gasteiger partial charge in [-0.05, 0) is 49.7 Å². The van der Waals surface area contributed by atoms with Crippen LogP contribution in [0.3, 0.4) is 0 Å². The van der Waals surface area contributed by atoms with Crippen LogP contribution in [-0.4, -0.2) is 23.1 Å². The lowest BCUT2D eigenvalue weighted by Crippen LogP contribution is -2.15. The molecule has 5 heteroatoms. The van der Waals surface area contributed by atoms with E-state index < -0.39 is 5.97 Å². The van der Waals surface area contributed by atoms with Gasteiger partial charge in [0.05, 0.1) is 17.4 Å². The van der Waals surface area contributed by atoms with Crippen LogP contribution < -0.4 is 10.1 Å². The molecule has 0 aliphatic rings. The maximum Gasteiger partial charge on any atom is 0.337 e.